The van der Waals surface area contributed by atoms with E-state index in [1.165, 1.54) is 12.1 Å². The van der Waals surface area contributed by atoms with Crippen LogP contribution in [0.25, 0.3) is 21.9 Å². The highest BCUT2D eigenvalue weighted by atomic mass is 32.2. The van der Waals surface area contributed by atoms with Crippen molar-refractivity contribution in [3.05, 3.63) is 78.5 Å². The Morgan fingerprint density at radius 1 is 0.966 bits per heavy atom. The Hall–Kier alpha value is -3.42. The SMILES string of the molecule is Cc1ccc(-c2cccc3c(Nc4cccc(S(N)(=O)=O)c4)nccc23)cc1O. The number of hydrogen-bond donors (Lipinski definition) is 3. The number of nitrogens with one attached hydrogen (secondary N) is 1. The predicted octanol–water partition coefficient (Wildman–Crippen LogP) is 4.31. The summed E-state index contributed by atoms with van der Waals surface area (Å²) in [6, 6.07) is 19.6. The van der Waals surface area contributed by atoms with E-state index >= 15 is 0 Å². The van der Waals surface area contributed by atoms with E-state index in [4.69, 9.17) is 5.14 Å². The van der Waals surface area contributed by atoms with E-state index in [2.05, 4.69) is 10.3 Å². The minimum atomic E-state index is -3.79. The summed E-state index contributed by atoms with van der Waals surface area (Å²) in [4.78, 5) is 4.45. The van der Waals surface area contributed by atoms with Crippen molar-refractivity contribution in [2.45, 2.75) is 11.8 Å². The maximum absolute atomic E-state index is 11.6. The van der Waals surface area contributed by atoms with Crippen molar-refractivity contribution in [3.63, 3.8) is 0 Å². The average Bonchev–Trinajstić information content (AvgIpc) is 2.70. The molecule has 0 bridgehead atoms. The number of rotatable bonds is 4. The summed E-state index contributed by atoms with van der Waals surface area (Å²) in [7, 11) is -3.79. The van der Waals surface area contributed by atoms with Gasteiger partial charge < -0.3 is 10.4 Å². The van der Waals surface area contributed by atoms with Gasteiger partial charge in [0.15, 0.2) is 0 Å². The standard InChI is InChI=1S/C22H19N3O3S/c1-14-8-9-15(12-21(14)26)18-6-3-7-20-19(18)10-11-24-22(20)25-16-4-2-5-17(13-16)29(23,27)28/h2-13,26H,1H3,(H,24,25)(H2,23,27,28). The van der Waals surface area contributed by atoms with Crippen molar-refractivity contribution in [2.24, 2.45) is 5.14 Å². The van der Waals surface area contributed by atoms with Gasteiger partial charge in [-0.05, 0) is 59.3 Å². The highest BCUT2D eigenvalue weighted by molar-refractivity contribution is 7.89. The number of primary sulfonamides is 1. The first-order valence-corrected chi connectivity index (χ1v) is 10.5. The summed E-state index contributed by atoms with van der Waals surface area (Å²) in [5.41, 5.74) is 3.23. The number of aryl methyl sites for hydroxylation is 1. The molecule has 1 aromatic heterocycles. The molecule has 146 valence electrons. The lowest BCUT2D eigenvalue weighted by atomic mass is 9.98. The molecule has 0 aliphatic carbocycles. The van der Waals surface area contributed by atoms with E-state index in [0.29, 0.717) is 11.5 Å². The van der Waals surface area contributed by atoms with Crippen molar-refractivity contribution in [3.8, 4) is 16.9 Å². The third-order valence-corrected chi connectivity index (χ3v) is 5.66. The molecule has 1 heterocycles. The molecule has 4 aromatic rings. The summed E-state index contributed by atoms with van der Waals surface area (Å²) in [6.45, 7) is 1.85. The number of hydrogen-bond acceptors (Lipinski definition) is 5. The molecule has 0 amide bonds. The van der Waals surface area contributed by atoms with E-state index in [0.717, 1.165) is 27.5 Å². The second-order valence-corrected chi connectivity index (χ2v) is 8.32. The van der Waals surface area contributed by atoms with E-state index in [1.54, 1.807) is 24.4 Å². The highest BCUT2D eigenvalue weighted by Gasteiger charge is 2.11. The number of pyridine rings is 1. The largest absolute Gasteiger partial charge is 0.508 e. The van der Waals surface area contributed by atoms with Crippen LogP contribution in [0.2, 0.25) is 0 Å². The number of nitrogens with zero attached hydrogens (tertiary/aromatic N) is 1. The first-order valence-electron chi connectivity index (χ1n) is 8.90. The van der Waals surface area contributed by atoms with E-state index in [-0.39, 0.29) is 10.6 Å². The van der Waals surface area contributed by atoms with E-state index in [1.807, 2.05) is 43.3 Å². The Kier molecular flexibility index (Phi) is 4.70. The minimum absolute atomic E-state index is 0.0264. The lowest BCUT2D eigenvalue weighted by molar-refractivity contribution is 0.471. The number of anilines is 2. The first kappa shape index (κ1) is 18.9. The van der Waals surface area contributed by atoms with Gasteiger partial charge in [0, 0.05) is 17.3 Å². The van der Waals surface area contributed by atoms with Crippen molar-refractivity contribution in [1.82, 2.24) is 4.98 Å². The summed E-state index contributed by atoms with van der Waals surface area (Å²) < 4.78 is 23.2. The van der Waals surface area contributed by atoms with Gasteiger partial charge in [0.05, 0.1) is 4.90 Å². The average molecular weight is 405 g/mol. The molecule has 0 aliphatic rings. The van der Waals surface area contributed by atoms with Crippen molar-refractivity contribution in [2.75, 3.05) is 5.32 Å². The molecule has 6 nitrogen and oxygen atoms in total. The molecule has 7 heteroatoms. The maximum Gasteiger partial charge on any atom is 0.238 e. The lowest BCUT2D eigenvalue weighted by Crippen LogP contribution is -2.12. The Balaban J connectivity index is 1.81. The molecular weight excluding hydrogens is 386 g/mol. The fraction of sp³-hybridized carbons (Fsp3) is 0.0455. The highest BCUT2D eigenvalue weighted by Crippen LogP contribution is 2.34. The van der Waals surface area contributed by atoms with E-state index in [9.17, 15) is 13.5 Å². The molecule has 4 N–H and O–H groups in total. The summed E-state index contributed by atoms with van der Waals surface area (Å²) in [5.74, 6) is 0.832. The molecule has 0 fully saturated rings. The third kappa shape index (κ3) is 3.78. The van der Waals surface area contributed by atoms with Crippen LogP contribution in [0, 0.1) is 6.92 Å². The molecule has 0 unspecified atom stereocenters. The van der Waals surface area contributed by atoms with Crippen molar-refractivity contribution >= 4 is 32.3 Å². The zero-order valence-corrected chi connectivity index (χ0v) is 16.4. The smallest absolute Gasteiger partial charge is 0.238 e. The Bertz CT molecular complexity index is 1330. The topological polar surface area (TPSA) is 105 Å². The lowest BCUT2D eigenvalue weighted by Gasteiger charge is -2.13. The normalized spacial score (nSPS) is 11.5. The van der Waals surface area contributed by atoms with Crippen LogP contribution in [0.4, 0.5) is 11.5 Å². The molecule has 3 aromatic carbocycles. The second kappa shape index (κ2) is 7.20. The van der Waals surface area contributed by atoms with E-state index < -0.39 is 10.0 Å². The predicted molar refractivity (Wildman–Crippen MR) is 115 cm³/mol. The molecule has 29 heavy (non-hydrogen) atoms. The van der Waals surface area contributed by atoms with Crippen molar-refractivity contribution in [1.29, 1.82) is 0 Å². The van der Waals surface area contributed by atoms with Gasteiger partial charge in [0.1, 0.15) is 11.6 Å². The number of phenols is 1. The number of phenolic OH excluding ortho intramolecular Hbond substituents is 1. The molecule has 0 saturated heterocycles. The van der Waals surface area contributed by atoms with Gasteiger partial charge in [-0.2, -0.15) is 0 Å². The Morgan fingerprint density at radius 2 is 1.76 bits per heavy atom. The molecule has 0 aliphatic heterocycles. The van der Waals surface area contributed by atoms with Gasteiger partial charge in [0.2, 0.25) is 10.0 Å². The van der Waals surface area contributed by atoms with Crippen LogP contribution in [-0.4, -0.2) is 18.5 Å². The number of nitrogens with two attached hydrogens (primary N) is 1. The molecule has 0 saturated carbocycles. The van der Waals surface area contributed by atoms with Gasteiger partial charge in [-0.15, -0.1) is 0 Å². The first-order chi connectivity index (χ1) is 13.8. The number of aromatic nitrogens is 1. The molecule has 0 atom stereocenters. The summed E-state index contributed by atoms with van der Waals surface area (Å²) in [6.07, 6.45) is 1.69. The third-order valence-electron chi connectivity index (χ3n) is 4.75. The van der Waals surface area contributed by atoms with Gasteiger partial charge in [-0.1, -0.05) is 36.4 Å². The van der Waals surface area contributed by atoms with Gasteiger partial charge >= 0.3 is 0 Å². The van der Waals surface area contributed by atoms with Crippen LogP contribution in [0.5, 0.6) is 5.75 Å². The van der Waals surface area contributed by atoms with Crippen LogP contribution >= 0.6 is 0 Å². The maximum atomic E-state index is 11.6. The van der Waals surface area contributed by atoms with Crippen LogP contribution in [-0.2, 0) is 10.0 Å². The molecular formula is C22H19N3O3S. The zero-order chi connectivity index (χ0) is 20.6. The van der Waals surface area contributed by atoms with Crippen LogP contribution < -0.4 is 10.5 Å². The summed E-state index contributed by atoms with van der Waals surface area (Å²) in [5, 5.41) is 20.3. The summed E-state index contributed by atoms with van der Waals surface area (Å²) >= 11 is 0. The number of fused-ring (bicyclic) bond motifs is 1. The molecule has 4 rings (SSSR count). The van der Waals surface area contributed by atoms with Gasteiger partial charge in [-0.25, -0.2) is 18.5 Å². The quantitative estimate of drug-likeness (QED) is 0.469. The van der Waals surface area contributed by atoms with Gasteiger partial charge in [-0.3, -0.25) is 0 Å². The Morgan fingerprint density at radius 3 is 2.52 bits per heavy atom. The number of sulfonamides is 1. The fourth-order valence-electron chi connectivity index (χ4n) is 3.22. The van der Waals surface area contributed by atoms with Crippen LogP contribution in [0.15, 0.2) is 77.8 Å². The Labute approximate surface area is 168 Å². The minimum Gasteiger partial charge on any atom is -0.508 e. The van der Waals surface area contributed by atoms with Crippen molar-refractivity contribution < 1.29 is 13.5 Å². The van der Waals surface area contributed by atoms with Gasteiger partial charge in [0.25, 0.3) is 0 Å². The number of aromatic hydroxyl groups is 1. The fourth-order valence-corrected chi connectivity index (χ4v) is 3.78. The van der Waals surface area contributed by atoms with Crippen LogP contribution in [0.3, 0.4) is 0 Å². The van der Waals surface area contributed by atoms with Crippen LogP contribution in [0.1, 0.15) is 5.56 Å². The monoisotopic (exact) mass is 405 g/mol. The zero-order valence-electron chi connectivity index (χ0n) is 15.6. The molecule has 0 radical (unpaired) electrons. The number of benzene rings is 3. The second-order valence-electron chi connectivity index (χ2n) is 6.76. The molecule has 0 spiro atoms.